The summed E-state index contributed by atoms with van der Waals surface area (Å²) in [5.41, 5.74) is -0.195. The van der Waals surface area contributed by atoms with Crippen LogP contribution in [-0.4, -0.2) is 16.2 Å². The molecule has 1 unspecified atom stereocenters. The zero-order chi connectivity index (χ0) is 10.9. The monoisotopic (exact) mass is 218 g/mol. The number of halogens is 2. The maximum absolute atomic E-state index is 13.2. The Kier molecular flexibility index (Phi) is 2.96. The van der Waals surface area contributed by atoms with Crippen molar-refractivity contribution in [1.82, 2.24) is 0 Å². The van der Waals surface area contributed by atoms with Gasteiger partial charge in [0.2, 0.25) is 0 Å². The fraction of sp³-hybridized carbons (Fsp3) is 0.222. The summed E-state index contributed by atoms with van der Waals surface area (Å²) in [5, 5.41) is 17.6. The Morgan fingerprint density at radius 3 is 2.64 bits per heavy atom. The molecule has 3 nitrogen and oxygen atoms in total. The molecule has 1 aromatic carbocycles. The second-order valence-electron chi connectivity index (χ2n) is 2.85. The van der Waals surface area contributed by atoms with Crippen LogP contribution in [0, 0.1) is 5.82 Å². The summed E-state index contributed by atoms with van der Waals surface area (Å²) in [6.07, 6.45) is 0. The van der Waals surface area contributed by atoms with Gasteiger partial charge in [-0.1, -0.05) is 11.6 Å². The SMILES string of the molecule is CC(C(=O)O)c1c(F)ccc(O)c1Cl. The molecule has 0 saturated heterocycles. The zero-order valence-corrected chi connectivity index (χ0v) is 8.05. The minimum atomic E-state index is -1.20. The molecule has 0 aliphatic heterocycles. The largest absolute Gasteiger partial charge is 0.506 e. The summed E-state index contributed by atoms with van der Waals surface area (Å²) < 4.78 is 13.2. The first-order valence-electron chi connectivity index (χ1n) is 3.84. The first kappa shape index (κ1) is 10.8. The van der Waals surface area contributed by atoms with Gasteiger partial charge in [-0.15, -0.1) is 0 Å². The molecule has 1 atom stereocenters. The van der Waals surface area contributed by atoms with Crippen molar-refractivity contribution in [3.05, 3.63) is 28.5 Å². The Morgan fingerprint density at radius 2 is 2.14 bits per heavy atom. The molecule has 0 bridgehead atoms. The zero-order valence-electron chi connectivity index (χ0n) is 7.29. The average Bonchev–Trinajstić information content (AvgIpc) is 2.12. The summed E-state index contributed by atoms with van der Waals surface area (Å²) in [6, 6.07) is 2.06. The number of carboxylic acid groups (broad SMARTS) is 1. The van der Waals surface area contributed by atoms with Gasteiger partial charge in [0.1, 0.15) is 11.6 Å². The molecule has 0 fully saturated rings. The molecule has 1 rings (SSSR count). The van der Waals surface area contributed by atoms with Gasteiger partial charge < -0.3 is 10.2 Å². The van der Waals surface area contributed by atoms with Crippen molar-refractivity contribution in [2.75, 3.05) is 0 Å². The molecule has 14 heavy (non-hydrogen) atoms. The number of phenols is 1. The van der Waals surface area contributed by atoms with Crippen LogP contribution in [0.4, 0.5) is 4.39 Å². The topological polar surface area (TPSA) is 57.5 Å². The van der Waals surface area contributed by atoms with Gasteiger partial charge >= 0.3 is 5.97 Å². The van der Waals surface area contributed by atoms with Gasteiger partial charge in [-0.2, -0.15) is 0 Å². The lowest BCUT2D eigenvalue weighted by molar-refractivity contribution is -0.138. The Balaban J connectivity index is 3.32. The fourth-order valence-corrected chi connectivity index (χ4v) is 1.40. The smallest absolute Gasteiger partial charge is 0.310 e. The number of hydrogen-bond acceptors (Lipinski definition) is 2. The summed E-state index contributed by atoms with van der Waals surface area (Å²) in [5.74, 6) is -3.34. The molecule has 0 amide bonds. The van der Waals surface area contributed by atoms with Gasteiger partial charge in [-0.25, -0.2) is 4.39 Å². The molecule has 0 aromatic heterocycles. The summed E-state index contributed by atoms with van der Waals surface area (Å²) >= 11 is 5.58. The number of aromatic hydroxyl groups is 1. The number of rotatable bonds is 2. The van der Waals surface area contributed by atoms with Crippen molar-refractivity contribution >= 4 is 17.6 Å². The molecule has 0 aliphatic carbocycles. The predicted molar refractivity (Wildman–Crippen MR) is 49.1 cm³/mol. The Morgan fingerprint density at radius 1 is 1.57 bits per heavy atom. The standard InChI is InChI=1S/C9H8ClFO3/c1-4(9(13)14)7-5(11)2-3-6(12)8(7)10/h2-4,12H,1H3,(H,13,14). The van der Waals surface area contributed by atoms with Gasteiger partial charge in [-0.05, 0) is 19.1 Å². The molecule has 2 N–H and O–H groups in total. The molecule has 0 spiro atoms. The molecule has 1 aromatic rings. The van der Waals surface area contributed by atoms with Crippen LogP contribution >= 0.6 is 11.6 Å². The Hall–Kier alpha value is -1.29. The van der Waals surface area contributed by atoms with Crippen molar-refractivity contribution in [2.24, 2.45) is 0 Å². The van der Waals surface area contributed by atoms with E-state index in [1.54, 1.807) is 0 Å². The molecule has 0 aliphatic rings. The van der Waals surface area contributed by atoms with E-state index in [1.807, 2.05) is 0 Å². The Labute approximate surface area is 84.7 Å². The minimum absolute atomic E-state index is 0.195. The molecule has 0 radical (unpaired) electrons. The molecular weight excluding hydrogens is 211 g/mol. The van der Waals surface area contributed by atoms with Gasteiger partial charge in [0, 0.05) is 5.56 Å². The molecule has 5 heteroatoms. The highest BCUT2D eigenvalue weighted by Gasteiger charge is 2.22. The third-order valence-electron chi connectivity index (χ3n) is 1.91. The lowest BCUT2D eigenvalue weighted by atomic mass is 10.0. The molecule has 76 valence electrons. The van der Waals surface area contributed by atoms with E-state index in [1.165, 1.54) is 6.92 Å². The number of carboxylic acids is 1. The van der Waals surface area contributed by atoms with Crippen molar-refractivity contribution in [2.45, 2.75) is 12.8 Å². The van der Waals surface area contributed by atoms with E-state index in [0.29, 0.717) is 0 Å². The van der Waals surface area contributed by atoms with Crippen molar-refractivity contribution in [1.29, 1.82) is 0 Å². The molecule has 0 heterocycles. The second kappa shape index (κ2) is 3.84. The number of phenolic OH excluding ortho intramolecular Hbond substituents is 1. The second-order valence-corrected chi connectivity index (χ2v) is 3.23. The number of benzene rings is 1. The van der Waals surface area contributed by atoms with E-state index < -0.39 is 17.7 Å². The lowest BCUT2D eigenvalue weighted by Crippen LogP contribution is -2.10. The van der Waals surface area contributed by atoms with Crippen LogP contribution in [0.2, 0.25) is 5.02 Å². The van der Waals surface area contributed by atoms with Crippen molar-refractivity contribution in [3.8, 4) is 5.75 Å². The van der Waals surface area contributed by atoms with Gasteiger partial charge in [-0.3, -0.25) is 4.79 Å². The van der Waals surface area contributed by atoms with E-state index in [9.17, 15) is 9.18 Å². The fourth-order valence-electron chi connectivity index (χ4n) is 1.08. The predicted octanol–water partition coefficient (Wildman–Crippen LogP) is 2.37. The van der Waals surface area contributed by atoms with Crippen LogP contribution in [0.1, 0.15) is 18.4 Å². The minimum Gasteiger partial charge on any atom is -0.506 e. The third kappa shape index (κ3) is 1.80. The average molecular weight is 219 g/mol. The van der Waals surface area contributed by atoms with Crippen LogP contribution < -0.4 is 0 Å². The number of aliphatic carboxylic acids is 1. The highest BCUT2D eigenvalue weighted by atomic mass is 35.5. The number of carbonyl (C=O) groups is 1. The van der Waals surface area contributed by atoms with E-state index in [2.05, 4.69) is 0 Å². The maximum Gasteiger partial charge on any atom is 0.310 e. The summed E-state index contributed by atoms with van der Waals surface area (Å²) in [7, 11) is 0. The first-order valence-corrected chi connectivity index (χ1v) is 4.22. The summed E-state index contributed by atoms with van der Waals surface area (Å²) in [4.78, 5) is 10.6. The quantitative estimate of drug-likeness (QED) is 0.801. The van der Waals surface area contributed by atoms with Gasteiger partial charge in [0.05, 0.1) is 10.9 Å². The van der Waals surface area contributed by atoms with E-state index in [-0.39, 0.29) is 16.3 Å². The highest BCUT2D eigenvalue weighted by Crippen LogP contribution is 2.34. The van der Waals surface area contributed by atoms with E-state index >= 15 is 0 Å². The van der Waals surface area contributed by atoms with Gasteiger partial charge in [0.15, 0.2) is 0 Å². The van der Waals surface area contributed by atoms with Crippen molar-refractivity contribution < 1.29 is 19.4 Å². The van der Waals surface area contributed by atoms with Crippen LogP contribution in [0.25, 0.3) is 0 Å². The normalized spacial score (nSPS) is 12.5. The molecule has 0 saturated carbocycles. The van der Waals surface area contributed by atoms with Crippen LogP contribution in [0.15, 0.2) is 12.1 Å². The van der Waals surface area contributed by atoms with Crippen molar-refractivity contribution in [3.63, 3.8) is 0 Å². The third-order valence-corrected chi connectivity index (χ3v) is 2.31. The van der Waals surface area contributed by atoms with Crippen LogP contribution in [0.3, 0.4) is 0 Å². The number of hydrogen-bond donors (Lipinski definition) is 2. The van der Waals surface area contributed by atoms with Crippen LogP contribution in [0.5, 0.6) is 5.75 Å². The summed E-state index contributed by atoms with van der Waals surface area (Å²) in [6.45, 7) is 1.30. The lowest BCUT2D eigenvalue weighted by Gasteiger charge is -2.10. The van der Waals surface area contributed by atoms with Crippen LogP contribution in [-0.2, 0) is 4.79 Å². The molecular formula is C9H8ClFO3. The van der Waals surface area contributed by atoms with E-state index in [0.717, 1.165) is 12.1 Å². The first-order chi connectivity index (χ1) is 6.45. The highest BCUT2D eigenvalue weighted by molar-refractivity contribution is 6.33. The maximum atomic E-state index is 13.2. The van der Waals surface area contributed by atoms with Gasteiger partial charge in [0.25, 0.3) is 0 Å². The Bertz CT molecular complexity index is 379. The van der Waals surface area contributed by atoms with E-state index in [4.69, 9.17) is 21.8 Å².